The number of alkyl halides is 3. The molecule has 0 fully saturated rings. The maximum atomic E-state index is 12.7. The van der Waals surface area contributed by atoms with E-state index in [4.69, 9.17) is 4.74 Å². The van der Waals surface area contributed by atoms with Crippen molar-refractivity contribution in [3.05, 3.63) is 90.1 Å². The summed E-state index contributed by atoms with van der Waals surface area (Å²) in [7, 11) is 0. The van der Waals surface area contributed by atoms with E-state index in [9.17, 15) is 23.4 Å². The van der Waals surface area contributed by atoms with Crippen molar-refractivity contribution in [3.8, 4) is 17.2 Å². The van der Waals surface area contributed by atoms with Gasteiger partial charge in [-0.05, 0) is 60.2 Å². The molecule has 0 bridgehead atoms. The number of halogens is 3. The zero-order valence-electron chi connectivity index (χ0n) is 16.4. The van der Waals surface area contributed by atoms with Crippen molar-refractivity contribution in [2.24, 2.45) is 0 Å². The van der Waals surface area contributed by atoms with Gasteiger partial charge in [-0.2, -0.15) is 13.2 Å². The summed E-state index contributed by atoms with van der Waals surface area (Å²) in [5.74, 6) is 0.809. The summed E-state index contributed by atoms with van der Waals surface area (Å²) in [6.07, 6.45) is -2.96. The number of aliphatic hydroxyl groups is 2. The number of para-hydroxylation sites is 1. The average Bonchev–Trinajstić information content (AvgIpc) is 3.12. The first-order valence-electron chi connectivity index (χ1n) is 9.68. The minimum Gasteiger partial charge on any atom is -0.457 e. The number of aromatic nitrogens is 1. The fraction of sp³-hybridized carbons (Fsp3) is 0.167. The summed E-state index contributed by atoms with van der Waals surface area (Å²) in [6.45, 7) is -0.310. The molecular formula is C24H20F3NO3. The average molecular weight is 427 g/mol. The van der Waals surface area contributed by atoms with Crippen LogP contribution in [-0.4, -0.2) is 27.5 Å². The molecule has 4 rings (SSSR count). The molecule has 4 aromatic rings. The first kappa shape index (κ1) is 21.0. The zero-order valence-corrected chi connectivity index (χ0v) is 16.4. The van der Waals surface area contributed by atoms with Crippen LogP contribution < -0.4 is 4.74 Å². The topological polar surface area (TPSA) is 54.6 Å². The lowest BCUT2D eigenvalue weighted by molar-refractivity contribution is -0.137. The van der Waals surface area contributed by atoms with Gasteiger partial charge in [-0.15, -0.1) is 0 Å². The van der Waals surface area contributed by atoms with Crippen LogP contribution in [0.5, 0.6) is 11.5 Å². The lowest BCUT2D eigenvalue weighted by Gasteiger charge is -2.10. The molecule has 0 saturated carbocycles. The minimum absolute atomic E-state index is 0.310. The van der Waals surface area contributed by atoms with Gasteiger partial charge in [0.1, 0.15) is 11.5 Å². The number of hydrogen-bond donors (Lipinski definition) is 2. The second-order valence-corrected chi connectivity index (χ2v) is 7.20. The van der Waals surface area contributed by atoms with Gasteiger partial charge in [0, 0.05) is 23.7 Å². The molecule has 1 aromatic heterocycles. The molecule has 0 aliphatic rings. The third-order valence-electron chi connectivity index (χ3n) is 4.99. The predicted molar refractivity (Wildman–Crippen MR) is 112 cm³/mol. The number of fused-ring (bicyclic) bond motifs is 1. The summed E-state index contributed by atoms with van der Waals surface area (Å²) in [4.78, 5) is 0. The van der Waals surface area contributed by atoms with Gasteiger partial charge in [-0.25, -0.2) is 0 Å². The van der Waals surface area contributed by atoms with Gasteiger partial charge in [0.15, 0.2) is 0 Å². The van der Waals surface area contributed by atoms with Crippen molar-refractivity contribution in [2.45, 2.75) is 18.7 Å². The highest BCUT2D eigenvalue weighted by Crippen LogP contribution is 2.32. The third-order valence-corrected chi connectivity index (χ3v) is 4.99. The van der Waals surface area contributed by atoms with E-state index >= 15 is 0 Å². The Balaban J connectivity index is 1.58. The van der Waals surface area contributed by atoms with Crippen molar-refractivity contribution in [3.63, 3.8) is 0 Å². The highest BCUT2D eigenvalue weighted by molar-refractivity contribution is 5.85. The second-order valence-electron chi connectivity index (χ2n) is 7.20. The van der Waals surface area contributed by atoms with Crippen LogP contribution in [0.4, 0.5) is 13.2 Å². The van der Waals surface area contributed by atoms with Crippen LogP contribution in [-0.2, 0) is 12.6 Å². The van der Waals surface area contributed by atoms with Gasteiger partial charge in [0.05, 0.1) is 23.8 Å². The number of hydrogen-bond acceptors (Lipinski definition) is 3. The molecule has 7 heteroatoms. The predicted octanol–water partition coefficient (Wildman–Crippen LogP) is 5.34. The van der Waals surface area contributed by atoms with Gasteiger partial charge in [-0.1, -0.05) is 18.2 Å². The fourth-order valence-electron chi connectivity index (χ4n) is 3.47. The smallest absolute Gasteiger partial charge is 0.416 e. The maximum Gasteiger partial charge on any atom is 0.416 e. The summed E-state index contributed by atoms with van der Waals surface area (Å²) < 4.78 is 45.7. The van der Waals surface area contributed by atoms with Gasteiger partial charge >= 0.3 is 6.18 Å². The maximum absolute atomic E-state index is 12.7. The summed E-state index contributed by atoms with van der Waals surface area (Å²) >= 11 is 0. The van der Waals surface area contributed by atoms with E-state index in [1.807, 2.05) is 47.2 Å². The van der Waals surface area contributed by atoms with E-state index in [1.165, 1.54) is 12.1 Å². The SMILES string of the molecule is OCC(O)Cc1cn(-c2ccc(Oc3ccc(C(F)(F)F)cc3)cc2)c2ccccc12. The molecule has 1 heterocycles. The van der Waals surface area contributed by atoms with Crippen LogP contribution in [0.2, 0.25) is 0 Å². The van der Waals surface area contributed by atoms with E-state index in [-0.39, 0.29) is 6.61 Å². The van der Waals surface area contributed by atoms with Gasteiger partial charge < -0.3 is 19.5 Å². The van der Waals surface area contributed by atoms with E-state index < -0.39 is 17.8 Å². The first-order valence-corrected chi connectivity index (χ1v) is 9.68. The van der Waals surface area contributed by atoms with E-state index in [0.29, 0.717) is 17.9 Å². The van der Waals surface area contributed by atoms with E-state index in [1.54, 1.807) is 12.1 Å². The third kappa shape index (κ3) is 4.57. The van der Waals surface area contributed by atoms with Crippen LogP contribution in [0.15, 0.2) is 79.0 Å². The molecule has 31 heavy (non-hydrogen) atoms. The van der Waals surface area contributed by atoms with Gasteiger partial charge in [0.25, 0.3) is 0 Å². The first-order chi connectivity index (χ1) is 14.8. The van der Waals surface area contributed by atoms with E-state index in [0.717, 1.165) is 34.3 Å². The molecular weight excluding hydrogens is 407 g/mol. The lowest BCUT2D eigenvalue weighted by Crippen LogP contribution is -2.14. The largest absolute Gasteiger partial charge is 0.457 e. The van der Waals surface area contributed by atoms with Crippen LogP contribution in [0.3, 0.4) is 0 Å². The van der Waals surface area contributed by atoms with Crippen LogP contribution >= 0.6 is 0 Å². The molecule has 4 nitrogen and oxygen atoms in total. The van der Waals surface area contributed by atoms with Crippen molar-refractivity contribution < 1.29 is 28.1 Å². The quantitative estimate of drug-likeness (QED) is 0.437. The number of benzene rings is 3. The molecule has 0 saturated heterocycles. The molecule has 2 N–H and O–H groups in total. The molecule has 0 spiro atoms. The number of ether oxygens (including phenoxy) is 1. The summed E-state index contributed by atoms with van der Waals surface area (Å²) in [5, 5.41) is 20.0. The van der Waals surface area contributed by atoms with Gasteiger partial charge in [-0.3, -0.25) is 0 Å². The Labute approximate surface area is 176 Å². The molecule has 1 atom stereocenters. The Bertz CT molecular complexity index is 1170. The molecule has 0 aliphatic carbocycles. The summed E-state index contributed by atoms with van der Waals surface area (Å²) in [5.41, 5.74) is 2.01. The molecule has 0 aliphatic heterocycles. The number of aliphatic hydroxyl groups excluding tert-OH is 2. The van der Waals surface area contributed by atoms with Crippen molar-refractivity contribution in [1.29, 1.82) is 0 Å². The highest BCUT2D eigenvalue weighted by Gasteiger charge is 2.30. The van der Waals surface area contributed by atoms with Crippen molar-refractivity contribution >= 4 is 10.9 Å². The van der Waals surface area contributed by atoms with Crippen molar-refractivity contribution in [1.82, 2.24) is 4.57 Å². The molecule has 0 radical (unpaired) electrons. The Morgan fingerprint density at radius 2 is 1.48 bits per heavy atom. The Hall–Kier alpha value is -3.29. The van der Waals surface area contributed by atoms with Crippen LogP contribution in [0.25, 0.3) is 16.6 Å². The summed E-state index contributed by atoms with van der Waals surface area (Å²) in [6, 6.07) is 19.5. The Morgan fingerprint density at radius 1 is 0.871 bits per heavy atom. The molecule has 1 unspecified atom stereocenters. The van der Waals surface area contributed by atoms with Crippen molar-refractivity contribution in [2.75, 3.05) is 6.61 Å². The van der Waals surface area contributed by atoms with E-state index in [2.05, 4.69) is 0 Å². The van der Waals surface area contributed by atoms with Crippen LogP contribution in [0, 0.1) is 0 Å². The fourth-order valence-corrected chi connectivity index (χ4v) is 3.47. The van der Waals surface area contributed by atoms with Crippen LogP contribution in [0.1, 0.15) is 11.1 Å². The molecule has 0 amide bonds. The number of rotatable bonds is 6. The van der Waals surface area contributed by atoms with Gasteiger partial charge in [0.2, 0.25) is 0 Å². The number of nitrogens with zero attached hydrogens (tertiary/aromatic N) is 1. The zero-order chi connectivity index (χ0) is 22.0. The Kier molecular flexibility index (Phi) is 5.71. The molecule has 160 valence electrons. The standard InChI is InChI=1S/C24H20F3NO3/c25-24(26,27)17-5-9-20(10-6-17)31-21-11-7-18(8-12-21)28-14-16(13-19(30)15-29)22-3-1-2-4-23(22)28/h1-12,14,19,29-30H,13,15H2. The normalized spacial score (nSPS) is 12.8. The Morgan fingerprint density at radius 3 is 2.10 bits per heavy atom. The lowest BCUT2D eigenvalue weighted by atomic mass is 10.1. The minimum atomic E-state index is -4.38. The monoisotopic (exact) mass is 427 g/mol. The molecule has 3 aromatic carbocycles. The second kappa shape index (κ2) is 8.45. The highest BCUT2D eigenvalue weighted by atomic mass is 19.4.